The molecule has 0 unspecified atom stereocenters. The summed E-state index contributed by atoms with van der Waals surface area (Å²) in [6.45, 7) is 1.20. The van der Waals surface area contributed by atoms with Crippen LogP contribution in [0.3, 0.4) is 0 Å². The highest BCUT2D eigenvalue weighted by Gasteiger charge is 2.25. The van der Waals surface area contributed by atoms with Crippen molar-refractivity contribution in [1.82, 2.24) is 19.7 Å². The van der Waals surface area contributed by atoms with Crippen LogP contribution >= 0.6 is 0 Å². The lowest BCUT2D eigenvalue weighted by Gasteiger charge is -2.32. The number of carbonyl (C=O) groups is 2. The van der Waals surface area contributed by atoms with Gasteiger partial charge in [0, 0.05) is 36.4 Å². The van der Waals surface area contributed by atoms with Crippen molar-refractivity contribution in [3.8, 4) is 0 Å². The van der Waals surface area contributed by atoms with Gasteiger partial charge in [-0.15, -0.1) is 0 Å². The Hall–Kier alpha value is -3.16. The maximum Gasteiger partial charge on any atom is 0.338 e. The van der Waals surface area contributed by atoms with Crippen molar-refractivity contribution < 1.29 is 19.1 Å². The summed E-state index contributed by atoms with van der Waals surface area (Å²) in [4.78, 5) is 28.4. The van der Waals surface area contributed by atoms with Gasteiger partial charge in [0.05, 0.1) is 24.2 Å². The van der Waals surface area contributed by atoms with Crippen LogP contribution in [0.15, 0.2) is 36.8 Å². The van der Waals surface area contributed by atoms with E-state index < -0.39 is 5.97 Å². The number of piperidine rings is 1. The number of benzene rings is 1. The molecule has 140 valence electrons. The lowest BCUT2D eigenvalue weighted by Crippen LogP contribution is -2.39. The molecule has 0 saturated carbocycles. The molecule has 27 heavy (non-hydrogen) atoms. The summed E-state index contributed by atoms with van der Waals surface area (Å²) in [7, 11) is 0. The van der Waals surface area contributed by atoms with E-state index in [1.54, 1.807) is 16.9 Å². The third-order valence-corrected chi connectivity index (χ3v) is 5.11. The minimum absolute atomic E-state index is 0.0327. The molecule has 1 saturated heterocycles. The molecule has 4 rings (SSSR count). The van der Waals surface area contributed by atoms with E-state index in [9.17, 15) is 14.0 Å². The van der Waals surface area contributed by atoms with Crippen LogP contribution in [0.25, 0.3) is 10.9 Å². The number of amides is 1. The maximum atomic E-state index is 13.3. The molecule has 1 aromatic carbocycles. The number of nitrogens with one attached hydrogen (secondary N) is 1. The smallest absolute Gasteiger partial charge is 0.338 e. The molecule has 2 aromatic heterocycles. The fraction of sp³-hybridized carbons (Fsp3) is 0.316. The predicted octanol–water partition coefficient (Wildman–Crippen LogP) is 2.61. The standard InChI is InChI=1S/C19H19FN4O3/c20-14-1-2-16-12(9-21-17(16)8-14)7-18(25)23-5-3-15(4-6-23)24-11-13(10-22-24)19(26)27/h1-2,8-11,15,21H,3-7H2,(H,26,27). The van der Waals surface area contributed by atoms with Gasteiger partial charge in [0.15, 0.2) is 0 Å². The van der Waals surface area contributed by atoms with Crippen LogP contribution in [0.1, 0.15) is 34.8 Å². The average Bonchev–Trinajstić information content (AvgIpc) is 3.29. The Labute approximate surface area is 154 Å². The van der Waals surface area contributed by atoms with E-state index in [1.165, 1.54) is 24.5 Å². The van der Waals surface area contributed by atoms with Gasteiger partial charge < -0.3 is 15.0 Å². The predicted molar refractivity (Wildman–Crippen MR) is 96.0 cm³/mol. The Balaban J connectivity index is 1.38. The number of carbonyl (C=O) groups excluding carboxylic acids is 1. The second-order valence-electron chi connectivity index (χ2n) is 6.81. The molecule has 1 aliphatic rings. The van der Waals surface area contributed by atoms with E-state index in [0.717, 1.165) is 23.8 Å². The zero-order valence-electron chi connectivity index (χ0n) is 14.6. The molecular weight excluding hydrogens is 351 g/mol. The van der Waals surface area contributed by atoms with Gasteiger partial charge in [-0.2, -0.15) is 5.10 Å². The molecule has 7 nitrogen and oxygen atoms in total. The van der Waals surface area contributed by atoms with Crippen molar-refractivity contribution in [3.05, 3.63) is 53.7 Å². The summed E-state index contributed by atoms with van der Waals surface area (Å²) in [6, 6.07) is 4.60. The van der Waals surface area contributed by atoms with Gasteiger partial charge in [-0.25, -0.2) is 9.18 Å². The summed E-state index contributed by atoms with van der Waals surface area (Å²) >= 11 is 0. The van der Waals surface area contributed by atoms with Crippen LogP contribution in [-0.4, -0.2) is 49.7 Å². The number of nitrogens with zero attached hydrogens (tertiary/aromatic N) is 3. The second-order valence-corrected chi connectivity index (χ2v) is 6.81. The molecule has 0 atom stereocenters. The van der Waals surface area contributed by atoms with Gasteiger partial charge >= 0.3 is 5.97 Å². The lowest BCUT2D eigenvalue weighted by molar-refractivity contribution is -0.131. The molecule has 0 aliphatic carbocycles. The fourth-order valence-electron chi connectivity index (χ4n) is 3.61. The van der Waals surface area contributed by atoms with Crippen molar-refractivity contribution >= 4 is 22.8 Å². The first-order valence-electron chi connectivity index (χ1n) is 8.82. The van der Waals surface area contributed by atoms with Crippen molar-refractivity contribution in [2.24, 2.45) is 0 Å². The first-order valence-corrected chi connectivity index (χ1v) is 8.82. The van der Waals surface area contributed by atoms with Gasteiger partial charge in [0.25, 0.3) is 0 Å². The highest BCUT2D eigenvalue weighted by Crippen LogP contribution is 2.24. The molecule has 0 bridgehead atoms. The molecule has 0 spiro atoms. The van der Waals surface area contributed by atoms with E-state index >= 15 is 0 Å². The number of fused-ring (bicyclic) bond motifs is 1. The maximum absolute atomic E-state index is 13.3. The van der Waals surface area contributed by atoms with Gasteiger partial charge in [-0.05, 0) is 36.6 Å². The Kier molecular flexibility index (Phi) is 4.39. The number of hydrogen-bond donors (Lipinski definition) is 2. The first kappa shape index (κ1) is 17.3. The fourth-order valence-corrected chi connectivity index (χ4v) is 3.61. The van der Waals surface area contributed by atoms with Crippen LogP contribution < -0.4 is 0 Å². The number of rotatable bonds is 4. The Morgan fingerprint density at radius 3 is 2.78 bits per heavy atom. The minimum atomic E-state index is -0.993. The summed E-state index contributed by atoms with van der Waals surface area (Å²) in [5, 5.41) is 14.0. The highest BCUT2D eigenvalue weighted by molar-refractivity contribution is 5.89. The van der Waals surface area contributed by atoms with Crippen molar-refractivity contribution in [2.75, 3.05) is 13.1 Å². The van der Waals surface area contributed by atoms with Crippen LogP contribution in [0.2, 0.25) is 0 Å². The average molecular weight is 370 g/mol. The van der Waals surface area contributed by atoms with E-state index in [-0.39, 0.29) is 29.8 Å². The van der Waals surface area contributed by atoms with E-state index in [4.69, 9.17) is 5.11 Å². The molecule has 8 heteroatoms. The van der Waals surface area contributed by atoms with Crippen LogP contribution in [0, 0.1) is 5.82 Å². The summed E-state index contributed by atoms with van der Waals surface area (Å²) in [5.41, 5.74) is 1.71. The lowest BCUT2D eigenvalue weighted by atomic mass is 10.0. The summed E-state index contributed by atoms with van der Waals surface area (Å²) < 4.78 is 15.0. The highest BCUT2D eigenvalue weighted by atomic mass is 19.1. The Morgan fingerprint density at radius 2 is 2.07 bits per heavy atom. The Bertz CT molecular complexity index is 1000. The number of H-pyrrole nitrogens is 1. The van der Waals surface area contributed by atoms with E-state index in [1.807, 2.05) is 4.90 Å². The SMILES string of the molecule is O=C(O)c1cnn(C2CCN(C(=O)Cc3c[nH]c4cc(F)ccc34)CC2)c1. The van der Waals surface area contributed by atoms with Gasteiger partial charge in [-0.1, -0.05) is 0 Å². The zero-order valence-corrected chi connectivity index (χ0v) is 14.6. The molecular formula is C19H19FN4O3. The third-order valence-electron chi connectivity index (χ3n) is 5.11. The van der Waals surface area contributed by atoms with Gasteiger partial charge in [-0.3, -0.25) is 9.48 Å². The zero-order chi connectivity index (χ0) is 19.0. The van der Waals surface area contributed by atoms with Crippen LogP contribution in [0.4, 0.5) is 4.39 Å². The topological polar surface area (TPSA) is 91.2 Å². The number of hydrogen-bond acceptors (Lipinski definition) is 3. The van der Waals surface area contributed by atoms with Gasteiger partial charge in [0.2, 0.25) is 5.91 Å². The van der Waals surface area contributed by atoms with Crippen molar-refractivity contribution in [1.29, 1.82) is 0 Å². The largest absolute Gasteiger partial charge is 0.478 e. The normalized spacial score (nSPS) is 15.4. The number of carboxylic acids is 1. The molecule has 1 fully saturated rings. The molecule has 3 heterocycles. The molecule has 2 N–H and O–H groups in total. The first-order chi connectivity index (χ1) is 13.0. The Morgan fingerprint density at radius 1 is 1.30 bits per heavy atom. The van der Waals surface area contributed by atoms with Crippen molar-refractivity contribution in [3.63, 3.8) is 0 Å². The number of halogens is 1. The second kappa shape index (κ2) is 6.86. The molecule has 1 aliphatic heterocycles. The number of aromatic carboxylic acids is 1. The van der Waals surface area contributed by atoms with E-state index in [0.29, 0.717) is 18.6 Å². The van der Waals surface area contributed by atoms with Crippen LogP contribution in [0.5, 0.6) is 0 Å². The number of carboxylic acid groups (broad SMARTS) is 1. The number of aromatic nitrogens is 3. The van der Waals surface area contributed by atoms with E-state index in [2.05, 4.69) is 10.1 Å². The number of likely N-dealkylation sites (tertiary alicyclic amines) is 1. The summed E-state index contributed by atoms with van der Waals surface area (Å²) in [6.07, 6.45) is 6.36. The summed E-state index contributed by atoms with van der Waals surface area (Å²) in [5.74, 6) is -1.27. The molecule has 0 radical (unpaired) electrons. The van der Waals surface area contributed by atoms with Crippen molar-refractivity contribution in [2.45, 2.75) is 25.3 Å². The molecule has 1 amide bonds. The quantitative estimate of drug-likeness (QED) is 0.739. The molecule has 3 aromatic rings. The van der Waals surface area contributed by atoms with Gasteiger partial charge in [0.1, 0.15) is 5.82 Å². The number of aromatic amines is 1. The monoisotopic (exact) mass is 370 g/mol. The third kappa shape index (κ3) is 3.42. The van der Waals surface area contributed by atoms with Crippen LogP contribution in [-0.2, 0) is 11.2 Å². The minimum Gasteiger partial charge on any atom is -0.478 e.